The van der Waals surface area contributed by atoms with Gasteiger partial charge in [-0.3, -0.25) is 9.59 Å². The average molecular weight is 218 g/mol. The lowest BCUT2D eigenvalue weighted by molar-refractivity contribution is -0.136. The summed E-state index contributed by atoms with van der Waals surface area (Å²) >= 11 is 0. The molecular weight excluding hydrogens is 204 g/mol. The number of hydrogen-bond donors (Lipinski definition) is 1. The fourth-order valence-corrected chi connectivity index (χ4v) is 1.87. The molecule has 2 rings (SSSR count). The van der Waals surface area contributed by atoms with Crippen molar-refractivity contribution in [2.75, 3.05) is 0 Å². The van der Waals surface area contributed by atoms with Crippen LogP contribution in [-0.4, -0.2) is 16.9 Å². The van der Waals surface area contributed by atoms with Crippen LogP contribution in [0.25, 0.3) is 0 Å². The number of aliphatic carboxylic acids is 1. The van der Waals surface area contributed by atoms with Gasteiger partial charge in [0.25, 0.3) is 0 Å². The number of carbonyl (C=O) groups is 2. The van der Waals surface area contributed by atoms with E-state index in [1.54, 1.807) is 24.3 Å². The predicted molar refractivity (Wildman–Crippen MR) is 59.5 cm³/mol. The molecule has 84 valence electrons. The van der Waals surface area contributed by atoms with E-state index in [0.717, 1.165) is 24.8 Å². The van der Waals surface area contributed by atoms with Gasteiger partial charge in [-0.2, -0.15) is 0 Å². The average Bonchev–Trinajstić information content (AvgIpc) is 2.15. The Morgan fingerprint density at radius 3 is 2.25 bits per heavy atom. The number of Topliss-reactive ketones (excluding diaryl/α,β-unsaturated/α-hetero) is 1. The number of ketones is 1. The Morgan fingerprint density at radius 2 is 1.81 bits per heavy atom. The second kappa shape index (κ2) is 4.47. The SMILES string of the molecule is O=C(O)Cc1ccc(C(=O)C2CCC2)cc1. The van der Waals surface area contributed by atoms with Crippen LogP contribution in [0.15, 0.2) is 24.3 Å². The Labute approximate surface area is 94.1 Å². The van der Waals surface area contributed by atoms with Crippen LogP contribution in [0.5, 0.6) is 0 Å². The Balaban J connectivity index is 2.06. The van der Waals surface area contributed by atoms with Gasteiger partial charge in [-0.1, -0.05) is 30.7 Å². The Bertz CT molecular complexity index is 402. The van der Waals surface area contributed by atoms with E-state index in [4.69, 9.17) is 5.11 Å². The van der Waals surface area contributed by atoms with Gasteiger partial charge in [0, 0.05) is 11.5 Å². The first-order valence-electron chi connectivity index (χ1n) is 5.52. The zero-order chi connectivity index (χ0) is 11.5. The van der Waals surface area contributed by atoms with E-state index in [9.17, 15) is 9.59 Å². The van der Waals surface area contributed by atoms with Crippen LogP contribution in [-0.2, 0) is 11.2 Å². The number of carboxylic acid groups (broad SMARTS) is 1. The number of carbonyl (C=O) groups excluding carboxylic acids is 1. The first-order valence-corrected chi connectivity index (χ1v) is 5.52. The van der Waals surface area contributed by atoms with Crippen molar-refractivity contribution in [3.05, 3.63) is 35.4 Å². The predicted octanol–water partition coefficient (Wildman–Crippen LogP) is 2.30. The molecule has 0 aliphatic heterocycles. The monoisotopic (exact) mass is 218 g/mol. The molecule has 1 N–H and O–H groups in total. The summed E-state index contributed by atoms with van der Waals surface area (Å²) in [6.45, 7) is 0. The van der Waals surface area contributed by atoms with E-state index < -0.39 is 5.97 Å². The number of benzene rings is 1. The third-order valence-electron chi connectivity index (χ3n) is 3.07. The summed E-state index contributed by atoms with van der Waals surface area (Å²) in [6.07, 6.45) is 3.15. The van der Waals surface area contributed by atoms with E-state index in [0.29, 0.717) is 5.56 Å². The summed E-state index contributed by atoms with van der Waals surface area (Å²) in [4.78, 5) is 22.3. The molecule has 0 heterocycles. The zero-order valence-corrected chi connectivity index (χ0v) is 8.98. The third kappa shape index (κ3) is 2.30. The quantitative estimate of drug-likeness (QED) is 0.789. The molecule has 1 fully saturated rings. The standard InChI is InChI=1S/C13H14O3/c14-12(15)8-9-4-6-11(7-5-9)13(16)10-2-1-3-10/h4-7,10H,1-3,8H2,(H,14,15). The van der Waals surface area contributed by atoms with Crippen molar-refractivity contribution in [3.63, 3.8) is 0 Å². The highest BCUT2D eigenvalue weighted by Crippen LogP contribution is 2.29. The van der Waals surface area contributed by atoms with Crippen molar-refractivity contribution in [2.45, 2.75) is 25.7 Å². The summed E-state index contributed by atoms with van der Waals surface area (Å²) in [5.41, 5.74) is 1.44. The Morgan fingerprint density at radius 1 is 1.19 bits per heavy atom. The first kappa shape index (κ1) is 10.9. The van der Waals surface area contributed by atoms with Gasteiger partial charge in [-0.25, -0.2) is 0 Å². The molecule has 0 aromatic heterocycles. The Kier molecular flexibility index (Phi) is 3.04. The van der Waals surface area contributed by atoms with Crippen molar-refractivity contribution < 1.29 is 14.7 Å². The number of carboxylic acids is 1. The van der Waals surface area contributed by atoms with E-state index >= 15 is 0 Å². The molecule has 0 bridgehead atoms. The summed E-state index contributed by atoms with van der Waals surface area (Å²) < 4.78 is 0. The van der Waals surface area contributed by atoms with E-state index in [-0.39, 0.29) is 18.1 Å². The smallest absolute Gasteiger partial charge is 0.307 e. The highest BCUT2D eigenvalue weighted by Gasteiger charge is 2.25. The maximum atomic E-state index is 11.8. The molecule has 1 aliphatic rings. The lowest BCUT2D eigenvalue weighted by Gasteiger charge is -2.23. The van der Waals surface area contributed by atoms with Gasteiger partial charge in [0.1, 0.15) is 0 Å². The van der Waals surface area contributed by atoms with Crippen molar-refractivity contribution in [1.82, 2.24) is 0 Å². The second-order valence-electron chi connectivity index (χ2n) is 4.26. The molecule has 1 aromatic carbocycles. The molecular formula is C13H14O3. The summed E-state index contributed by atoms with van der Waals surface area (Å²) in [5.74, 6) is -0.448. The van der Waals surface area contributed by atoms with Crippen LogP contribution in [0, 0.1) is 5.92 Å². The van der Waals surface area contributed by atoms with E-state index in [2.05, 4.69) is 0 Å². The van der Waals surface area contributed by atoms with Crippen molar-refractivity contribution in [3.8, 4) is 0 Å². The number of rotatable bonds is 4. The van der Waals surface area contributed by atoms with Gasteiger partial charge in [-0.15, -0.1) is 0 Å². The van der Waals surface area contributed by atoms with Crippen molar-refractivity contribution in [1.29, 1.82) is 0 Å². The number of hydrogen-bond acceptors (Lipinski definition) is 2. The van der Waals surface area contributed by atoms with Crippen LogP contribution in [0.4, 0.5) is 0 Å². The van der Waals surface area contributed by atoms with E-state index in [1.807, 2.05) is 0 Å². The maximum absolute atomic E-state index is 11.8. The minimum absolute atomic E-state index is 0.0118. The van der Waals surface area contributed by atoms with Gasteiger partial charge in [0.2, 0.25) is 0 Å². The second-order valence-corrected chi connectivity index (χ2v) is 4.26. The summed E-state index contributed by atoms with van der Waals surface area (Å²) in [7, 11) is 0. The van der Waals surface area contributed by atoms with Gasteiger partial charge >= 0.3 is 5.97 Å². The summed E-state index contributed by atoms with van der Waals surface area (Å²) in [6, 6.07) is 6.91. The van der Waals surface area contributed by atoms with Gasteiger partial charge in [0.05, 0.1) is 6.42 Å². The molecule has 3 nitrogen and oxygen atoms in total. The molecule has 0 amide bonds. The topological polar surface area (TPSA) is 54.4 Å². The molecule has 1 aromatic rings. The van der Waals surface area contributed by atoms with Crippen molar-refractivity contribution >= 4 is 11.8 Å². The molecule has 0 unspecified atom stereocenters. The lowest BCUT2D eigenvalue weighted by Crippen LogP contribution is -2.21. The first-order chi connectivity index (χ1) is 7.66. The highest BCUT2D eigenvalue weighted by atomic mass is 16.4. The molecule has 3 heteroatoms. The van der Waals surface area contributed by atoms with Crippen LogP contribution >= 0.6 is 0 Å². The fourth-order valence-electron chi connectivity index (χ4n) is 1.87. The highest BCUT2D eigenvalue weighted by molar-refractivity contribution is 5.98. The van der Waals surface area contributed by atoms with Crippen molar-refractivity contribution in [2.24, 2.45) is 5.92 Å². The third-order valence-corrected chi connectivity index (χ3v) is 3.07. The molecule has 16 heavy (non-hydrogen) atoms. The van der Waals surface area contributed by atoms with E-state index in [1.165, 1.54) is 0 Å². The fraction of sp³-hybridized carbons (Fsp3) is 0.385. The minimum Gasteiger partial charge on any atom is -0.481 e. The Hall–Kier alpha value is -1.64. The molecule has 1 aliphatic carbocycles. The van der Waals surface area contributed by atoms with Gasteiger partial charge in [-0.05, 0) is 18.4 Å². The van der Waals surface area contributed by atoms with Gasteiger partial charge in [0.15, 0.2) is 5.78 Å². The molecule has 1 saturated carbocycles. The molecule has 0 atom stereocenters. The van der Waals surface area contributed by atoms with Crippen LogP contribution in [0.1, 0.15) is 35.2 Å². The van der Waals surface area contributed by atoms with Crippen LogP contribution in [0.3, 0.4) is 0 Å². The molecule has 0 saturated heterocycles. The summed E-state index contributed by atoms with van der Waals surface area (Å²) in [5, 5.41) is 8.61. The van der Waals surface area contributed by atoms with Gasteiger partial charge < -0.3 is 5.11 Å². The normalized spacial score (nSPS) is 15.5. The molecule has 0 radical (unpaired) electrons. The lowest BCUT2D eigenvalue weighted by atomic mass is 9.80. The molecule has 0 spiro atoms. The minimum atomic E-state index is -0.849. The largest absolute Gasteiger partial charge is 0.481 e. The van der Waals surface area contributed by atoms with Crippen LogP contribution < -0.4 is 0 Å². The zero-order valence-electron chi connectivity index (χ0n) is 8.98. The van der Waals surface area contributed by atoms with Crippen LogP contribution in [0.2, 0.25) is 0 Å². The maximum Gasteiger partial charge on any atom is 0.307 e.